The van der Waals surface area contributed by atoms with Crippen LogP contribution in [0.1, 0.15) is 55.6 Å². The quantitative estimate of drug-likeness (QED) is 0.599. The molecule has 1 aliphatic rings. The second-order valence-corrected chi connectivity index (χ2v) is 9.60. The van der Waals surface area contributed by atoms with Crippen LogP contribution in [-0.2, 0) is 14.8 Å². The van der Waals surface area contributed by atoms with Gasteiger partial charge in [0.15, 0.2) is 0 Å². The van der Waals surface area contributed by atoms with Crippen LogP contribution < -0.4 is 15.4 Å². The van der Waals surface area contributed by atoms with E-state index < -0.39 is 10.0 Å². The number of carbonyl (C=O) groups is 2. The number of hydrogen-bond acceptors (Lipinski definition) is 4. The average Bonchev–Trinajstić information content (AvgIpc) is 3.53. The Balaban J connectivity index is 1.60. The van der Waals surface area contributed by atoms with Gasteiger partial charge in [-0.2, -0.15) is 0 Å². The number of hydrogen-bond donors (Lipinski definition) is 3. The maximum Gasteiger partial charge on any atom is 0.251 e. The molecule has 1 unspecified atom stereocenters. The lowest BCUT2D eigenvalue weighted by Crippen LogP contribution is -2.30. The first-order valence-electron chi connectivity index (χ1n) is 10.00. The number of benzene rings is 2. The van der Waals surface area contributed by atoms with E-state index in [0.29, 0.717) is 5.56 Å². The first-order valence-corrected chi connectivity index (χ1v) is 11.5. The van der Waals surface area contributed by atoms with Gasteiger partial charge < -0.3 is 10.6 Å². The highest BCUT2D eigenvalue weighted by Gasteiger charge is 2.29. The number of rotatable bonds is 8. The van der Waals surface area contributed by atoms with E-state index in [9.17, 15) is 18.0 Å². The summed E-state index contributed by atoms with van der Waals surface area (Å²) < 4.78 is 26.9. The lowest BCUT2D eigenvalue weighted by Gasteiger charge is -2.15. The van der Waals surface area contributed by atoms with Gasteiger partial charge in [0.2, 0.25) is 15.9 Å². The van der Waals surface area contributed by atoms with E-state index in [4.69, 9.17) is 0 Å². The van der Waals surface area contributed by atoms with E-state index >= 15 is 0 Å². The van der Waals surface area contributed by atoms with Gasteiger partial charge in [0.25, 0.3) is 5.91 Å². The fraction of sp³-hybridized carbons (Fsp3) is 0.364. The molecule has 0 radical (unpaired) electrons. The highest BCUT2D eigenvalue weighted by Crippen LogP contribution is 2.30. The Morgan fingerprint density at radius 1 is 0.933 bits per heavy atom. The summed E-state index contributed by atoms with van der Waals surface area (Å²) in [6.45, 7) is 5.35. The van der Waals surface area contributed by atoms with Crippen LogP contribution in [0.4, 0.5) is 5.69 Å². The summed E-state index contributed by atoms with van der Waals surface area (Å²) in [6, 6.07) is 12.7. The zero-order valence-corrected chi connectivity index (χ0v) is 18.1. The Kier molecular flexibility index (Phi) is 6.58. The van der Waals surface area contributed by atoms with Gasteiger partial charge in [-0.25, -0.2) is 13.1 Å². The highest BCUT2D eigenvalue weighted by atomic mass is 32.2. The molecule has 2 aromatic rings. The molecule has 1 atom stereocenters. The SMILES string of the molecule is CC(C)NS(=O)(=O)c1ccc(C(=O)NC(C)c2ccc(NC(=O)C3CC3)cc2)cc1. The third kappa shape index (κ3) is 5.67. The molecule has 0 aliphatic heterocycles. The highest BCUT2D eigenvalue weighted by molar-refractivity contribution is 7.89. The van der Waals surface area contributed by atoms with Gasteiger partial charge in [0, 0.05) is 23.2 Å². The van der Waals surface area contributed by atoms with E-state index in [1.807, 2.05) is 31.2 Å². The van der Waals surface area contributed by atoms with Crippen molar-refractivity contribution in [1.82, 2.24) is 10.0 Å². The lowest BCUT2D eigenvalue weighted by molar-refractivity contribution is -0.117. The minimum Gasteiger partial charge on any atom is -0.346 e. The van der Waals surface area contributed by atoms with E-state index in [-0.39, 0.29) is 34.7 Å². The molecular formula is C22H27N3O4S. The van der Waals surface area contributed by atoms with Crippen molar-refractivity contribution >= 4 is 27.5 Å². The topological polar surface area (TPSA) is 104 Å². The molecule has 1 fully saturated rings. The first-order chi connectivity index (χ1) is 14.2. The molecule has 2 aromatic carbocycles. The molecule has 0 saturated heterocycles. The van der Waals surface area contributed by atoms with Gasteiger partial charge in [0.1, 0.15) is 0 Å². The molecule has 0 heterocycles. The van der Waals surface area contributed by atoms with E-state index in [2.05, 4.69) is 15.4 Å². The van der Waals surface area contributed by atoms with Crippen LogP contribution in [0.3, 0.4) is 0 Å². The van der Waals surface area contributed by atoms with Crippen LogP contribution in [0, 0.1) is 5.92 Å². The standard InChI is InChI=1S/C22H27N3O4S/c1-14(2)25-30(28,29)20-12-8-18(9-13-20)21(26)23-15(3)16-6-10-19(11-7-16)24-22(27)17-4-5-17/h6-15,17,25H,4-5H2,1-3H3,(H,23,26)(H,24,27). The maximum absolute atomic E-state index is 12.5. The Labute approximate surface area is 177 Å². The number of nitrogens with one attached hydrogen (secondary N) is 3. The molecule has 1 saturated carbocycles. The second kappa shape index (κ2) is 8.97. The summed E-state index contributed by atoms with van der Waals surface area (Å²) in [5.41, 5.74) is 2.01. The van der Waals surface area contributed by atoms with Crippen molar-refractivity contribution in [3.63, 3.8) is 0 Å². The van der Waals surface area contributed by atoms with Crippen LogP contribution in [-0.4, -0.2) is 26.3 Å². The number of sulfonamides is 1. The summed E-state index contributed by atoms with van der Waals surface area (Å²) >= 11 is 0. The van der Waals surface area contributed by atoms with Crippen molar-refractivity contribution in [3.05, 3.63) is 59.7 Å². The fourth-order valence-electron chi connectivity index (χ4n) is 2.97. The van der Waals surface area contributed by atoms with E-state index in [0.717, 1.165) is 24.1 Å². The van der Waals surface area contributed by atoms with Crippen molar-refractivity contribution < 1.29 is 18.0 Å². The lowest BCUT2D eigenvalue weighted by atomic mass is 10.1. The minimum atomic E-state index is -3.59. The maximum atomic E-state index is 12.5. The van der Waals surface area contributed by atoms with Crippen LogP contribution >= 0.6 is 0 Å². The van der Waals surface area contributed by atoms with Crippen LogP contribution in [0.25, 0.3) is 0 Å². The van der Waals surface area contributed by atoms with Crippen LogP contribution in [0.2, 0.25) is 0 Å². The summed E-state index contributed by atoms with van der Waals surface area (Å²) in [5, 5.41) is 5.79. The molecule has 160 valence electrons. The Hall–Kier alpha value is -2.71. The first kappa shape index (κ1) is 22.0. The molecule has 3 N–H and O–H groups in total. The Morgan fingerprint density at radius 3 is 2.07 bits per heavy atom. The third-order valence-electron chi connectivity index (χ3n) is 4.79. The summed E-state index contributed by atoms with van der Waals surface area (Å²) in [6.07, 6.45) is 1.91. The van der Waals surface area contributed by atoms with Crippen molar-refractivity contribution in [1.29, 1.82) is 0 Å². The summed E-state index contributed by atoms with van der Waals surface area (Å²) in [5.74, 6) is -0.0991. The summed E-state index contributed by atoms with van der Waals surface area (Å²) in [7, 11) is -3.59. The molecule has 7 nitrogen and oxygen atoms in total. The molecule has 0 spiro atoms. The Morgan fingerprint density at radius 2 is 1.53 bits per heavy atom. The van der Waals surface area contributed by atoms with Gasteiger partial charge >= 0.3 is 0 Å². The predicted octanol–water partition coefficient (Wildman–Crippen LogP) is 3.21. The minimum absolute atomic E-state index is 0.0538. The third-order valence-corrected chi connectivity index (χ3v) is 6.47. The Bertz CT molecular complexity index is 1010. The molecule has 8 heteroatoms. The van der Waals surface area contributed by atoms with Crippen molar-refractivity contribution in [2.45, 2.75) is 50.6 Å². The molecule has 3 rings (SSSR count). The van der Waals surface area contributed by atoms with E-state index in [1.165, 1.54) is 24.3 Å². The average molecular weight is 430 g/mol. The predicted molar refractivity (Wildman–Crippen MR) is 116 cm³/mol. The van der Waals surface area contributed by atoms with Gasteiger partial charge in [-0.3, -0.25) is 9.59 Å². The number of anilines is 1. The molecule has 2 amide bonds. The van der Waals surface area contributed by atoms with Crippen LogP contribution in [0.15, 0.2) is 53.4 Å². The zero-order valence-electron chi connectivity index (χ0n) is 17.3. The largest absolute Gasteiger partial charge is 0.346 e. The second-order valence-electron chi connectivity index (χ2n) is 7.88. The van der Waals surface area contributed by atoms with Crippen LogP contribution in [0.5, 0.6) is 0 Å². The normalized spacial score (nSPS) is 14.9. The number of amides is 2. The van der Waals surface area contributed by atoms with Crippen molar-refractivity contribution in [2.24, 2.45) is 5.92 Å². The molecule has 30 heavy (non-hydrogen) atoms. The molecule has 0 aromatic heterocycles. The number of carbonyl (C=O) groups excluding carboxylic acids is 2. The van der Waals surface area contributed by atoms with Gasteiger partial charge in [-0.1, -0.05) is 12.1 Å². The molecule has 0 bridgehead atoms. The van der Waals surface area contributed by atoms with E-state index in [1.54, 1.807) is 13.8 Å². The smallest absolute Gasteiger partial charge is 0.251 e. The van der Waals surface area contributed by atoms with Gasteiger partial charge in [0.05, 0.1) is 10.9 Å². The zero-order chi connectivity index (χ0) is 21.9. The van der Waals surface area contributed by atoms with Gasteiger partial charge in [-0.15, -0.1) is 0 Å². The van der Waals surface area contributed by atoms with Gasteiger partial charge in [-0.05, 0) is 75.6 Å². The van der Waals surface area contributed by atoms with Crippen molar-refractivity contribution in [3.8, 4) is 0 Å². The molecular weight excluding hydrogens is 402 g/mol. The molecule has 1 aliphatic carbocycles. The monoisotopic (exact) mass is 429 g/mol. The van der Waals surface area contributed by atoms with Crippen molar-refractivity contribution in [2.75, 3.05) is 5.32 Å². The fourth-order valence-corrected chi connectivity index (χ4v) is 4.22. The summed E-state index contributed by atoms with van der Waals surface area (Å²) in [4.78, 5) is 24.5.